The Morgan fingerprint density at radius 2 is 1.85 bits per heavy atom. The van der Waals surface area contributed by atoms with Crippen LogP contribution in [0.5, 0.6) is 0 Å². The van der Waals surface area contributed by atoms with Crippen LogP contribution in [0.1, 0.15) is 23.6 Å². The van der Waals surface area contributed by atoms with Crippen LogP contribution in [-0.4, -0.2) is 31.6 Å². The van der Waals surface area contributed by atoms with Gasteiger partial charge in [-0.1, -0.05) is 18.2 Å². The molecule has 0 heterocycles. The number of aryl methyl sites for hydroxylation is 2. The third-order valence-electron chi connectivity index (χ3n) is 3.06. The quantitative estimate of drug-likeness (QED) is 0.801. The summed E-state index contributed by atoms with van der Waals surface area (Å²) < 4.78 is 9.92. The first-order valence-corrected chi connectivity index (χ1v) is 6.45. The fraction of sp³-hybridized carbons (Fsp3) is 0.467. The van der Waals surface area contributed by atoms with Crippen LogP contribution in [0.3, 0.4) is 0 Å². The number of amides is 1. The summed E-state index contributed by atoms with van der Waals surface area (Å²) in [6.07, 6.45) is 0. The van der Waals surface area contributed by atoms with Crippen LogP contribution < -0.4 is 5.32 Å². The van der Waals surface area contributed by atoms with E-state index in [1.54, 1.807) is 6.92 Å². The Kier molecular flexibility index (Phi) is 6.18. The summed E-state index contributed by atoms with van der Waals surface area (Å²) in [6, 6.07) is 5.33. The first-order chi connectivity index (χ1) is 9.45. The SMILES string of the molecule is COC(=O)[C@@H](C)NC(=O)COCc1c(C)cccc1C. The molecule has 0 spiro atoms. The summed E-state index contributed by atoms with van der Waals surface area (Å²) >= 11 is 0. The molecule has 5 heteroatoms. The van der Waals surface area contributed by atoms with Crippen molar-refractivity contribution in [3.63, 3.8) is 0 Å². The van der Waals surface area contributed by atoms with Gasteiger partial charge in [-0.3, -0.25) is 4.79 Å². The van der Waals surface area contributed by atoms with Crippen LogP contribution in [0.25, 0.3) is 0 Å². The number of ether oxygens (including phenoxy) is 2. The molecular weight excluding hydrogens is 258 g/mol. The molecule has 1 amide bonds. The van der Waals surface area contributed by atoms with E-state index >= 15 is 0 Å². The molecule has 0 radical (unpaired) electrons. The number of benzene rings is 1. The summed E-state index contributed by atoms with van der Waals surface area (Å²) in [5.74, 6) is -0.817. The van der Waals surface area contributed by atoms with E-state index in [0.717, 1.165) is 16.7 Å². The Morgan fingerprint density at radius 1 is 1.25 bits per heavy atom. The van der Waals surface area contributed by atoms with Gasteiger partial charge in [-0.2, -0.15) is 0 Å². The first-order valence-electron chi connectivity index (χ1n) is 6.45. The number of nitrogens with one attached hydrogen (secondary N) is 1. The van der Waals surface area contributed by atoms with Crippen molar-refractivity contribution in [3.05, 3.63) is 34.9 Å². The number of carbonyl (C=O) groups excluding carboxylic acids is 2. The van der Waals surface area contributed by atoms with E-state index in [1.165, 1.54) is 7.11 Å². The van der Waals surface area contributed by atoms with Crippen molar-refractivity contribution in [2.24, 2.45) is 0 Å². The van der Waals surface area contributed by atoms with Crippen molar-refractivity contribution in [3.8, 4) is 0 Å². The lowest BCUT2D eigenvalue weighted by molar-refractivity contribution is -0.145. The molecule has 1 rings (SSSR count). The van der Waals surface area contributed by atoms with Gasteiger partial charge in [0, 0.05) is 0 Å². The monoisotopic (exact) mass is 279 g/mol. The summed E-state index contributed by atoms with van der Waals surface area (Å²) in [5, 5.41) is 2.51. The second kappa shape index (κ2) is 7.65. The lowest BCUT2D eigenvalue weighted by atomic mass is 10.0. The lowest BCUT2D eigenvalue weighted by Gasteiger charge is -2.13. The van der Waals surface area contributed by atoms with Gasteiger partial charge in [0.2, 0.25) is 5.91 Å². The molecule has 1 aromatic carbocycles. The van der Waals surface area contributed by atoms with Crippen molar-refractivity contribution < 1.29 is 19.1 Å². The van der Waals surface area contributed by atoms with Gasteiger partial charge >= 0.3 is 5.97 Å². The van der Waals surface area contributed by atoms with Crippen molar-refractivity contribution in [2.75, 3.05) is 13.7 Å². The molecule has 0 aromatic heterocycles. The second-order valence-corrected chi connectivity index (χ2v) is 4.68. The van der Waals surface area contributed by atoms with Gasteiger partial charge in [-0.15, -0.1) is 0 Å². The Hall–Kier alpha value is -1.88. The molecule has 0 aliphatic heterocycles. The topological polar surface area (TPSA) is 64.6 Å². The van der Waals surface area contributed by atoms with E-state index < -0.39 is 12.0 Å². The Balaban J connectivity index is 2.41. The van der Waals surface area contributed by atoms with E-state index in [9.17, 15) is 9.59 Å². The fourth-order valence-electron chi connectivity index (χ4n) is 1.84. The lowest BCUT2D eigenvalue weighted by Crippen LogP contribution is -2.40. The number of hydrogen-bond acceptors (Lipinski definition) is 4. The van der Waals surface area contributed by atoms with Crippen LogP contribution in [0.4, 0.5) is 0 Å². The minimum atomic E-state index is -0.670. The van der Waals surface area contributed by atoms with E-state index in [1.807, 2.05) is 32.0 Å². The predicted octanol–water partition coefficient (Wildman–Crippen LogP) is 1.50. The van der Waals surface area contributed by atoms with Gasteiger partial charge < -0.3 is 14.8 Å². The van der Waals surface area contributed by atoms with Gasteiger partial charge in [0.1, 0.15) is 12.6 Å². The van der Waals surface area contributed by atoms with Crippen LogP contribution >= 0.6 is 0 Å². The molecule has 0 saturated heterocycles. The summed E-state index contributed by atoms with van der Waals surface area (Å²) in [7, 11) is 1.28. The molecule has 5 nitrogen and oxygen atoms in total. The Bertz CT molecular complexity index is 465. The van der Waals surface area contributed by atoms with Crippen molar-refractivity contribution in [1.29, 1.82) is 0 Å². The van der Waals surface area contributed by atoms with Crippen LogP contribution in [0.2, 0.25) is 0 Å². The number of esters is 1. The summed E-state index contributed by atoms with van der Waals surface area (Å²) in [6.45, 7) is 5.86. The molecular formula is C15H21NO4. The number of rotatable bonds is 6. The fourth-order valence-corrected chi connectivity index (χ4v) is 1.84. The van der Waals surface area contributed by atoms with Gasteiger partial charge in [-0.05, 0) is 37.5 Å². The van der Waals surface area contributed by atoms with Crippen LogP contribution in [0.15, 0.2) is 18.2 Å². The Labute approximate surface area is 119 Å². The van der Waals surface area contributed by atoms with E-state index in [0.29, 0.717) is 6.61 Å². The largest absolute Gasteiger partial charge is 0.467 e. The van der Waals surface area contributed by atoms with Crippen molar-refractivity contribution in [2.45, 2.75) is 33.4 Å². The molecule has 1 N–H and O–H groups in total. The predicted molar refractivity (Wildman–Crippen MR) is 75.2 cm³/mol. The van der Waals surface area contributed by atoms with E-state index in [4.69, 9.17) is 4.74 Å². The third kappa shape index (κ3) is 4.66. The smallest absolute Gasteiger partial charge is 0.328 e. The maximum atomic E-state index is 11.6. The highest BCUT2D eigenvalue weighted by atomic mass is 16.5. The molecule has 0 saturated carbocycles. The molecule has 1 aromatic rings. The van der Waals surface area contributed by atoms with Gasteiger partial charge in [0.05, 0.1) is 13.7 Å². The minimum Gasteiger partial charge on any atom is -0.467 e. The summed E-state index contributed by atoms with van der Waals surface area (Å²) in [4.78, 5) is 22.7. The van der Waals surface area contributed by atoms with Gasteiger partial charge in [0.15, 0.2) is 0 Å². The highest BCUT2D eigenvalue weighted by Crippen LogP contribution is 2.14. The number of methoxy groups -OCH3 is 1. The maximum absolute atomic E-state index is 11.6. The number of hydrogen-bond donors (Lipinski definition) is 1. The zero-order valence-corrected chi connectivity index (χ0v) is 12.4. The molecule has 110 valence electrons. The molecule has 0 unspecified atom stereocenters. The molecule has 20 heavy (non-hydrogen) atoms. The molecule has 1 atom stereocenters. The third-order valence-corrected chi connectivity index (χ3v) is 3.06. The van der Waals surface area contributed by atoms with E-state index in [-0.39, 0.29) is 12.5 Å². The normalized spacial score (nSPS) is 11.8. The zero-order valence-electron chi connectivity index (χ0n) is 12.4. The second-order valence-electron chi connectivity index (χ2n) is 4.68. The molecule has 0 aliphatic carbocycles. The van der Waals surface area contributed by atoms with Gasteiger partial charge in [0.25, 0.3) is 0 Å². The van der Waals surface area contributed by atoms with E-state index in [2.05, 4.69) is 10.1 Å². The van der Waals surface area contributed by atoms with Crippen LogP contribution in [-0.2, 0) is 25.7 Å². The highest BCUT2D eigenvalue weighted by molar-refractivity contribution is 5.84. The van der Waals surface area contributed by atoms with Gasteiger partial charge in [-0.25, -0.2) is 4.79 Å². The standard InChI is InChI=1S/C15H21NO4/c1-10-6-5-7-11(2)13(10)8-20-9-14(17)16-12(3)15(18)19-4/h5-7,12H,8-9H2,1-4H3,(H,16,17)/t12-/m1/s1. The first kappa shape index (κ1) is 16.2. The molecule has 0 fully saturated rings. The summed E-state index contributed by atoms with van der Waals surface area (Å²) in [5.41, 5.74) is 3.35. The zero-order chi connectivity index (χ0) is 15.1. The Morgan fingerprint density at radius 3 is 2.40 bits per heavy atom. The average molecular weight is 279 g/mol. The molecule has 0 bridgehead atoms. The number of carbonyl (C=O) groups is 2. The van der Waals surface area contributed by atoms with Crippen LogP contribution in [0, 0.1) is 13.8 Å². The van der Waals surface area contributed by atoms with Crippen molar-refractivity contribution in [1.82, 2.24) is 5.32 Å². The highest BCUT2D eigenvalue weighted by Gasteiger charge is 2.15. The molecule has 0 aliphatic rings. The average Bonchev–Trinajstić information content (AvgIpc) is 2.41. The maximum Gasteiger partial charge on any atom is 0.328 e. The minimum absolute atomic E-state index is 0.0882. The van der Waals surface area contributed by atoms with Crippen molar-refractivity contribution >= 4 is 11.9 Å².